The lowest BCUT2D eigenvalue weighted by atomic mass is 9.71. The zero-order valence-corrected chi connectivity index (χ0v) is 15.2. The van der Waals surface area contributed by atoms with E-state index >= 15 is 0 Å². The lowest BCUT2D eigenvalue weighted by Crippen LogP contribution is -2.24. The van der Waals surface area contributed by atoms with Gasteiger partial charge in [0.15, 0.2) is 0 Å². The maximum atomic E-state index is 9.80. The van der Waals surface area contributed by atoms with E-state index in [1.807, 2.05) is 36.5 Å². The predicted octanol–water partition coefficient (Wildman–Crippen LogP) is 5.17. The van der Waals surface area contributed by atoms with Crippen molar-refractivity contribution in [2.45, 2.75) is 25.7 Å². The molecule has 24 heavy (non-hydrogen) atoms. The third-order valence-electron chi connectivity index (χ3n) is 4.65. The second kappa shape index (κ2) is 7.19. The summed E-state index contributed by atoms with van der Waals surface area (Å²) in [6, 6.07) is 14.6. The Morgan fingerprint density at radius 2 is 2.12 bits per heavy atom. The van der Waals surface area contributed by atoms with E-state index in [2.05, 4.69) is 39.1 Å². The van der Waals surface area contributed by atoms with Crippen LogP contribution in [0.1, 0.15) is 30.4 Å². The van der Waals surface area contributed by atoms with Crippen LogP contribution in [0, 0.1) is 16.7 Å². The van der Waals surface area contributed by atoms with E-state index in [0.29, 0.717) is 5.88 Å². The fourth-order valence-electron chi connectivity index (χ4n) is 3.16. The number of halogens is 1. The molecule has 0 spiro atoms. The van der Waals surface area contributed by atoms with Crippen molar-refractivity contribution in [1.82, 2.24) is 4.98 Å². The Hall–Kier alpha value is -2.12. The van der Waals surface area contributed by atoms with Gasteiger partial charge in [-0.15, -0.1) is 0 Å². The summed E-state index contributed by atoms with van der Waals surface area (Å²) in [6.07, 6.45) is 7.35. The van der Waals surface area contributed by atoms with Crippen LogP contribution in [0.4, 0.5) is 0 Å². The first kappa shape index (κ1) is 16.7. The Morgan fingerprint density at radius 3 is 2.71 bits per heavy atom. The number of hydrogen-bond acceptors (Lipinski definition) is 3. The molecule has 0 fully saturated rings. The molecule has 1 aliphatic carbocycles. The molecule has 0 bridgehead atoms. The third-order valence-corrected chi connectivity index (χ3v) is 5.43. The first-order chi connectivity index (χ1) is 11.7. The number of aromatic nitrogens is 1. The molecule has 122 valence electrons. The number of hydrogen-bond donors (Lipinski definition) is 0. The molecule has 1 aromatic carbocycles. The number of allylic oxidation sites excluding steroid dienone is 2. The number of rotatable bonds is 4. The van der Waals surface area contributed by atoms with Crippen LogP contribution >= 0.6 is 15.9 Å². The predicted molar refractivity (Wildman–Crippen MR) is 98.5 cm³/mol. The average Bonchev–Trinajstić information content (AvgIpc) is 2.64. The van der Waals surface area contributed by atoms with Gasteiger partial charge in [-0.2, -0.15) is 5.26 Å². The summed E-state index contributed by atoms with van der Waals surface area (Å²) in [7, 11) is 1.62. The molecule has 4 heteroatoms. The summed E-state index contributed by atoms with van der Waals surface area (Å²) < 4.78 is 6.18. The minimum atomic E-state index is -0.326. The van der Waals surface area contributed by atoms with Crippen LogP contribution in [-0.2, 0) is 6.42 Å². The van der Waals surface area contributed by atoms with Crippen LogP contribution in [-0.4, -0.2) is 12.1 Å². The highest BCUT2D eigenvalue weighted by molar-refractivity contribution is 9.10. The number of methoxy groups -OCH3 is 1. The molecule has 0 N–H and O–H groups in total. The Morgan fingerprint density at radius 1 is 1.29 bits per heavy atom. The average molecular weight is 383 g/mol. The summed E-state index contributed by atoms with van der Waals surface area (Å²) in [6.45, 7) is 0. The molecular formula is C20H19BrN2O. The standard InChI is InChI=1S/C20H19BrN2O/c1-24-19-7-6-17(13-23-19)15-8-10-20(14-22,11-9-15)12-16-4-2-3-5-18(16)21/h2-8,13H,9-12H2,1H3/t20-/m1/s1. The van der Waals surface area contributed by atoms with Gasteiger partial charge in [0.2, 0.25) is 5.88 Å². The molecular weight excluding hydrogens is 364 g/mol. The highest BCUT2D eigenvalue weighted by Crippen LogP contribution is 2.41. The van der Waals surface area contributed by atoms with Gasteiger partial charge in [0.05, 0.1) is 18.6 Å². The molecule has 2 aromatic rings. The summed E-state index contributed by atoms with van der Waals surface area (Å²) >= 11 is 3.59. The van der Waals surface area contributed by atoms with E-state index < -0.39 is 0 Å². The third kappa shape index (κ3) is 3.52. The molecule has 0 saturated carbocycles. The van der Waals surface area contributed by atoms with E-state index in [4.69, 9.17) is 4.74 Å². The van der Waals surface area contributed by atoms with Crippen LogP contribution in [0.5, 0.6) is 5.88 Å². The maximum Gasteiger partial charge on any atom is 0.212 e. The van der Waals surface area contributed by atoms with Crippen molar-refractivity contribution in [3.8, 4) is 11.9 Å². The number of nitriles is 1. The van der Waals surface area contributed by atoms with Gasteiger partial charge in [-0.25, -0.2) is 4.98 Å². The van der Waals surface area contributed by atoms with Crippen molar-refractivity contribution in [3.63, 3.8) is 0 Å². The summed E-state index contributed by atoms with van der Waals surface area (Å²) in [5.41, 5.74) is 3.25. The maximum absolute atomic E-state index is 9.80. The van der Waals surface area contributed by atoms with E-state index in [1.165, 1.54) is 11.1 Å². The topological polar surface area (TPSA) is 45.9 Å². The highest BCUT2D eigenvalue weighted by atomic mass is 79.9. The van der Waals surface area contributed by atoms with E-state index in [0.717, 1.165) is 35.7 Å². The largest absolute Gasteiger partial charge is 0.481 e. The lowest BCUT2D eigenvalue weighted by molar-refractivity contribution is 0.359. The van der Waals surface area contributed by atoms with Crippen molar-refractivity contribution >= 4 is 21.5 Å². The van der Waals surface area contributed by atoms with Gasteiger partial charge >= 0.3 is 0 Å². The first-order valence-electron chi connectivity index (χ1n) is 8.00. The Labute approximate surface area is 151 Å². The van der Waals surface area contributed by atoms with Crippen molar-refractivity contribution in [2.75, 3.05) is 7.11 Å². The normalized spacial score (nSPS) is 20.1. The number of nitrogens with zero attached hydrogens (tertiary/aromatic N) is 2. The molecule has 0 unspecified atom stereocenters. The fraction of sp³-hybridized carbons (Fsp3) is 0.300. The molecule has 0 radical (unpaired) electrons. The Bertz CT molecular complexity index is 792. The van der Waals surface area contributed by atoms with Crippen molar-refractivity contribution in [2.24, 2.45) is 5.41 Å². The van der Waals surface area contributed by atoms with Crippen LogP contribution in [0.25, 0.3) is 5.57 Å². The Kier molecular flexibility index (Phi) is 5.01. The number of ether oxygens (including phenoxy) is 1. The zero-order chi connectivity index (χ0) is 17.0. The van der Waals surface area contributed by atoms with Gasteiger partial charge in [0, 0.05) is 16.7 Å². The lowest BCUT2D eigenvalue weighted by Gasteiger charge is -2.30. The first-order valence-corrected chi connectivity index (χ1v) is 8.79. The van der Waals surface area contributed by atoms with Crippen LogP contribution < -0.4 is 4.74 Å². The molecule has 0 amide bonds. The highest BCUT2D eigenvalue weighted by Gasteiger charge is 2.33. The van der Waals surface area contributed by atoms with Crippen molar-refractivity contribution in [3.05, 3.63) is 64.3 Å². The van der Waals surface area contributed by atoms with Gasteiger partial charge in [0.25, 0.3) is 0 Å². The summed E-state index contributed by atoms with van der Waals surface area (Å²) in [5, 5.41) is 9.80. The monoisotopic (exact) mass is 382 g/mol. The van der Waals surface area contributed by atoms with Crippen molar-refractivity contribution in [1.29, 1.82) is 5.26 Å². The van der Waals surface area contributed by atoms with Gasteiger partial charge in [-0.05, 0) is 54.5 Å². The second-order valence-electron chi connectivity index (χ2n) is 6.18. The summed E-state index contributed by atoms with van der Waals surface area (Å²) in [4.78, 5) is 4.27. The minimum Gasteiger partial charge on any atom is -0.481 e. The molecule has 3 nitrogen and oxygen atoms in total. The molecule has 0 saturated heterocycles. The van der Waals surface area contributed by atoms with E-state index in [9.17, 15) is 5.26 Å². The van der Waals surface area contributed by atoms with Crippen LogP contribution in [0.2, 0.25) is 0 Å². The van der Waals surface area contributed by atoms with E-state index in [1.54, 1.807) is 7.11 Å². The van der Waals surface area contributed by atoms with Gasteiger partial charge < -0.3 is 4.74 Å². The second-order valence-corrected chi connectivity index (χ2v) is 7.04. The molecule has 1 heterocycles. The van der Waals surface area contributed by atoms with E-state index in [-0.39, 0.29) is 5.41 Å². The Balaban J connectivity index is 1.78. The zero-order valence-electron chi connectivity index (χ0n) is 13.6. The molecule has 1 aromatic heterocycles. The molecule has 1 atom stereocenters. The van der Waals surface area contributed by atoms with Gasteiger partial charge in [-0.3, -0.25) is 0 Å². The fourth-order valence-corrected chi connectivity index (χ4v) is 3.58. The molecule has 0 aliphatic heterocycles. The van der Waals surface area contributed by atoms with Gasteiger partial charge in [-0.1, -0.05) is 40.2 Å². The summed E-state index contributed by atoms with van der Waals surface area (Å²) in [5.74, 6) is 0.621. The van der Waals surface area contributed by atoms with Gasteiger partial charge in [0.1, 0.15) is 0 Å². The van der Waals surface area contributed by atoms with Crippen LogP contribution in [0.15, 0.2) is 53.1 Å². The SMILES string of the molecule is COc1ccc(C2=CC[C@](C#N)(Cc3ccccc3Br)CC2)cn1. The van der Waals surface area contributed by atoms with Crippen LogP contribution in [0.3, 0.4) is 0 Å². The smallest absolute Gasteiger partial charge is 0.212 e. The quantitative estimate of drug-likeness (QED) is 0.732. The minimum absolute atomic E-state index is 0.326. The molecule has 1 aliphatic rings. The number of benzene rings is 1. The molecule has 3 rings (SSSR count). The number of pyridine rings is 1. The van der Waals surface area contributed by atoms with Crippen molar-refractivity contribution < 1.29 is 4.74 Å².